The second-order valence-electron chi connectivity index (χ2n) is 6.46. The third-order valence-corrected chi connectivity index (χ3v) is 4.37. The lowest BCUT2D eigenvalue weighted by Crippen LogP contribution is -2.02. The van der Waals surface area contributed by atoms with Crippen LogP contribution in [0.2, 0.25) is 0 Å². The van der Waals surface area contributed by atoms with E-state index in [4.69, 9.17) is 4.74 Å². The zero-order valence-corrected chi connectivity index (χ0v) is 15.8. The first-order chi connectivity index (χ1) is 14.9. The van der Waals surface area contributed by atoms with E-state index in [1.54, 1.807) is 6.92 Å². The van der Waals surface area contributed by atoms with Crippen LogP contribution in [0.5, 0.6) is 11.6 Å². The number of non-ortho nitro benzene ring substituents is 1. The fourth-order valence-corrected chi connectivity index (χ4v) is 2.96. The van der Waals surface area contributed by atoms with Gasteiger partial charge in [-0.15, -0.1) is 0 Å². The zero-order chi connectivity index (χ0) is 22.1. The van der Waals surface area contributed by atoms with Crippen molar-refractivity contribution in [3.63, 3.8) is 0 Å². The van der Waals surface area contributed by atoms with Gasteiger partial charge in [0.05, 0.1) is 10.4 Å². The topological polar surface area (TPSA) is 130 Å². The molecule has 0 bridgehead atoms. The lowest BCUT2D eigenvalue weighted by molar-refractivity contribution is -0.384. The molecule has 9 nitrogen and oxygen atoms in total. The molecule has 2 aromatic carbocycles. The van der Waals surface area contributed by atoms with E-state index in [9.17, 15) is 24.2 Å². The number of aromatic amines is 1. The average Bonchev–Trinajstić information content (AvgIpc) is 3.15. The summed E-state index contributed by atoms with van der Waals surface area (Å²) >= 11 is 0. The molecule has 154 valence electrons. The number of aromatic nitrogens is 3. The Balaban J connectivity index is 1.69. The monoisotopic (exact) mass is 422 g/mol. The van der Waals surface area contributed by atoms with Crippen LogP contribution in [0.3, 0.4) is 0 Å². The maximum atomic E-state index is 14.8. The highest BCUT2D eigenvalue weighted by molar-refractivity contribution is 5.83. The standard InChI is InChI=1S/C20H12F2N6O3/c1-10-6-13-17(22)16(7-15(21)18(13)26-10)31-20-14(8-23)19(24-9-25-20)27-11-2-4-12(5-3-11)28(29)30/h2-7,9,26H,1H3,(H,24,25,27). The second-order valence-corrected chi connectivity index (χ2v) is 6.46. The molecule has 0 amide bonds. The van der Waals surface area contributed by atoms with Crippen molar-refractivity contribution in [1.82, 2.24) is 15.0 Å². The van der Waals surface area contributed by atoms with Crippen LogP contribution in [0.4, 0.5) is 26.0 Å². The summed E-state index contributed by atoms with van der Waals surface area (Å²) < 4.78 is 34.6. The van der Waals surface area contributed by atoms with E-state index in [-0.39, 0.29) is 33.9 Å². The van der Waals surface area contributed by atoms with Gasteiger partial charge in [-0.3, -0.25) is 10.1 Å². The van der Waals surface area contributed by atoms with E-state index in [0.717, 1.165) is 12.4 Å². The molecule has 0 spiro atoms. The first kappa shape index (κ1) is 19.7. The Bertz CT molecular complexity index is 1360. The maximum absolute atomic E-state index is 14.8. The summed E-state index contributed by atoms with van der Waals surface area (Å²) in [6.45, 7) is 1.66. The van der Waals surface area contributed by atoms with Gasteiger partial charge >= 0.3 is 0 Å². The normalized spacial score (nSPS) is 10.6. The Kier molecular flexibility index (Phi) is 4.88. The van der Waals surface area contributed by atoms with Crippen molar-refractivity contribution in [3.05, 3.63) is 75.7 Å². The molecule has 0 fully saturated rings. The largest absolute Gasteiger partial charge is 0.434 e. The van der Waals surface area contributed by atoms with Gasteiger partial charge < -0.3 is 15.0 Å². The Morgan fingerprint density at radius 3 is 2.65 bits per heavy atom. The number of halogens is 2. The Morgan fingerprint density at radius 2 is 1.97 bits per heavy atom. The van der Waals surface area contributed by atoms with Crippen molar-refractivity contribution < 1.29 is 18.4 Å². The lowest BCUT2D eigenvalue weighted by Gasteiger charge is -2.11. The van der Waals surface area contributed by atoms with Gasteiger partial charge in [-0.1, -0.05) is 0 Å². The number of benzene rings is 2. The van der Waals surface area contributed by atoms with Crippen LogP contribution in [-0.4, -0.2) is 19.9 Å². The Hall–Kier alpha value is -4.59. The number of hydrogen-bond acceptors (Lipinski definition) is 7. The summed E-state index contributed by atoms with van der Waals surface area (Å²) in [6.07, 6.45) is 1.08. The summed E-state index contributed by atoms with van der Waals surface area (Å²) in [5.41, 5.74) is 0.718. The van der Waals surface area contributed by atoms with Crippen LogP contribution in [0, 0.1) is 40.0 Å². The van der Waals surface area contributed by atoms with E-state index < -0.39 is 22.3 Å². The third-order valence-electron chi connectivity index (χ3n) is 4.37. The zero-order valence-electron chi connectivity index (χ0n) is 15.8. The molecule has 4 aromatic rings. The molecular formula is C20H12F2N6O3. The van der Waals surface area contributed by atoms with Gasteiger partial charge in [0.15, 0.2) is 28.8 Å². The van der Waals surface area contributed by atoms with Crippen molar-refractivity contribution in [3.8, 4) is 17.7 Å². The molecule has 2 N–H and O–H groups in total. The molecule has 0 aliphatic heterocycles. The highest BCUT2D eigenvalue weighted by Gasteiger charge is 2.20. The average molecular weight is 422 g/mol. The van der Waals surface area contributed by atoms with Gasteiger partial charge in [0.2, 0.25) is 5.88 Å². The molecule has 0 aliphatic carbocycles. The fraction of sp³-hybridized carbons (Fsp3) is 0.0500. The molecule has 0 saturated heterocycles. The minimum Gasteiger partial charge on any atom is -0.434 e. The lowest BCUT2D eigenvalue weighted by atomic mass is 10.2. The maximum Gasteiger partial charge on any atom is 0.269 e. The molecule has 0 saturated carbocycles. The minimum atomic E-state index is -0.812. The number of nitrogens with one attached hydrogen (secondary N) is 2. The quantitative estimate of drug-likeness (QED) is 0.347. The van der Waals surface area contributed by atoms with Crippen molar-refractivity contribution >= 4 is 28.1 Å². The number of ether oxygens (including phenoxy) is 1. The first-order valence-corrected chi connectivity index (χ1v) is 8.79. The number of H-pyrrole nitrogens is 1. The van der Waals surface area contributed by atoms with Gasteiger partial charge in [0.1, 0.15) is 12.4 Å². The fourth-order valence-electron chi connectivity index (χ4n) is 2.96. The number of aryl methyl sites for hydroxylation is 1. The summed E-state index contributed by atoms with van der Waals surface area (Å²) in [4.78, 5) is 20.8. The number of nitro benzene ring substituents is 1. The molecule has 0 unspecified atom stereocenters. The van der Waals surface area contributed by atoms with Crippen LogP contribution in [0.25, 0.3) is 10.9 Å². The molecule has 2 aromatic heterocycles. The summed E-state index contributed by atoms with van der Waals surface area (Å²) in [7, 11) is 0. The number of rotatable bonds is 5. The Morgan fingerprint density at radius 1 is 1.23 bits per heavy atom. The van der Waals surface area contributed by atoms with E-state index in [1.807, 2.05) is 6.07 Å². The van der Waals surface area contributed by atoms with Crippen LogP contribution in [0.1, 0.15) is 11.3 Å². The van der Waals surface area contributed by atoms with Crippen molar-refractivity contribution in [2.45, 2.75) is 6.92 Å². The first-order valence-electron chi connectivity index (χ1n) is 8.79. The minimum absolute atomic E-state index is 0.00397. The van der Waals surface area contributed by atoms with E-state index in [0.29, 0.717) is 11.4 Å². The second kappa shape index (κ2) is 7.68. The van der Waals surface area contributed by atoms with Crippen molar-refractivity contribution in [1.29, 1.82) is 5.26 Å². The van der Waals surface area contributed by atoms with Crippen LogP contribution >= 0.6 is 0 Å². The molecule has 0 radical (unpaired) electrons. The van der Waals surface area contributed by atoms with Crippen molar-refractivity contribution in [2.24, 2.45) is 0 Å². The molecule has 0 aliphatic rings. The van der Waals surface area contributed by atoms with E-state index in [2.05, 4.69) is 20.3 Å². The number of fused-ring (bicyclic) bond motifs is 1. The summed E-state index contributed by atoms with van der Waals surface area (Å²) in [5.74, 6) is -2.24. The van der Waals surface area contributed by atoms with Gasteiger partial charge in [0, 0.05) is 35.0 Å². The number of nitrogens with zero attached hydrogens (tertiary/aromatic N) is 4. The molecular weight excluding hydrogens is 410 g/mol. The number of nitro groups is 1. The van der Waals surface area contributed by atoms with Gasteiger partial charge in [0.25, 0.3) is 5.69 Å². The number of hydrogen-bond donors (Lipinski definition) is 2. The summed E-state index contributed by atoms with van der Waals surface area (Å²) in [5, 5.41) is 23.2. The number of nitriles is 1. The van der Waals surface area contributed by atoms with E-state index in [1.165, 1.54) is 30.3 Å². The third kappa shape index (κ3) is 3.69. The predicted octanol–water partition coefficient (Wildman–Crippen LogP) is 4.86. The molecule has 0 atom stereocenters. The SMILES string of the molecule is Cc1cc2c(F)c(Oc3ncnc(Nc4ccc([N+](=O)[O-])cc4)c3C#N)cc(F)c2[nH]1. The summed E-state index contributed by atoms with van der Waals surface area (Å²) in [6, 6.07) is 9.58. The van der Waals surface area contributed by atoms with Gasteiger partial charge in [-0.25, -0.2) is 18.7 Å². The predicted molar refractivity (Wildman–Crippen MR) is 106 cm³/mol. The molecule has 2 heterocycles. The van der Waals surface area contributed by atoms with Crippen molar-refractivity contribution in [2.75, 3.05) is 5.32 Å². The van der Waals surface area contributed by atoms with Gasteiger partial charge in [-0.2, -0.15) is 5.26 Å². The highest BCUT2D eigenvalue weighted by atomic mass is 19.1. The molecule has 11 heteroatoms. The smallest absolute Gasteiger partial charge is 0.269 e. The van der Waals surface area contributed by atoms with Crippen LogP contribution in [-0.2, 0) is 0 Å². The molecule has 31 heavy (non-hydrogen) atoms. The molecule has 4 rings (SSSR count). The highest BCUT2D eigenvalue weighted by Crippen LogP contribution is 2.34. The number of anilines is 2. The van der Waals surface area contributed by atoms with Crippen LogP contribution < -0.4 is 10.1 Å². The van der Waals surface area contributed by atoms with Crippen LogP contribution in [0.15, 0.2) is 42.7 Å². The van der Waals surface area contributed by atoms with E-state index >= 15 is 0 Å². The van der Waals surface area contributed by atoms with Gasteiger partial charge in [-0.05, 0) is 25.1 Å². The Labute approximate surface area is 173 Å².